The summed E-state index contributed by atoms with van der Waals surface area (Å²) in [7, 11) is 0. The molecule has 2 aliphatic rings. The third-order valence-electron chi connectivity index (χ3n) is 3.78. The molecule has 76 valence electrons. The lowest BCUT2D eigenvalue weighted by atomic mass is 9.73. The SMILES string of the molecule is Cc1cccc2c1CC1C=CC=CC1C2. The zero-order valence-electron chi connectivity index (χ0n) is 9.11. The van der Waals surface area contributed by atoms with Gasteiger partial charge in [-0.2, -0.15) is 0 Å². The van der Waals surface area contributed by atoms with Gasteiger partial charge in [-0.1, -0.05) is 42.5 Å². The van der Waals surface area contributed by atoms with E-state index < -0.39 is 0 Å². The first kappa shape index (κ1) is 8.96. The maximum Gasteiger partial charge on any atom is -0.0123 e. The van der Waals surface area contributed by atoms with Crippen molar-refractivity contribution in [2.45, 2.75) is 19.8 Å². The van der Waals surface area contributed by atoms with Crippen molar-refractivity contribution in [2.24, 2.45) is 11.8 Å². The Balaban J connectivity index is 2.04. The molecule has 0 bridgehead atoms. The Hall–Kier alpha value is -1.30. The maximum absolute atomic E-state index is 2.38. The van der Waals surface area contributed by atoms with Crippen molar-refractivity contribution in [1.29, 1.82) is 0 Å². The fraction of sp³-hybridized carbons (Fsp3) is 0.333. The average molecular weight is 196 g/mol. The summed E-state index contributed by atoms with van der Waals surface area (Å²) >= 11 is 0. The first-order chi connectivity index (χ1) is 7.34. The van der Waals surface area contributed by atoms with E-state index >= 15 is 0 Å². The van der Waals surface area contributed by atoms with E-state index in [1.54, 1.807) is 11.1 Å². The molecule has 0 N–H and O–H groups in total. The molecule has 0 spiro atoms. The largest absolute Gasteiger partial charge is 0.0805 e. The molecule has 0 amide bonds. The van der Waals surface area contributed by atoms with E-state index in [4.69, 9.17) is 0 Å². The summed E-state index contributed by atoms with van der Waals surface area (Å²) in [5.74, 6) is 1.48. The Morgan fingerprint density at radius 2 is 1.73 bits per heavy atom. The van der Waals surface area contributed by atoms with Crippen LogP contribution in [0.3, 0.4) is 0 Å². The van der Waals surface area contributed by atoms with Gasteiger partial charge in [0, 0.05) is 0 Å². The highest BCUT2D eigenvalue weighted by Crippen LogP contribution is 2.35. The van der Waals surface area contributed by atoms with Crippen molar-refractivity contribution in [3.05, 3.63) is 59.2 Å². The molecule has 0 saturated heterocycles. The smallest absolute Gasteiger partial charge is 0.0123 e. The lowest BCUT2D eigenvalue weighted by molar-refractivity contribution is 0.436. The first-order valence-corrected chi connectivity index (χ1v) is 5.77. The highest BCUT2D eigenvalue weighted by atomic mass is 14.3. The van der Waals surface area contributed by atoms with Gasteiger partial charge in [-0.3, -0.25) is 0 Å². The van der Waals surface area contributed by atoms with Crippen molar-refractivity contribution in [1.82, 2.24) is 0 Å². The van der Waals surface area contributed by atoms with Crippen molar-refractivity contribution < 1.29 is 0 Å². The van der Waals surface area contributed by atoms with E-state index in [0.29, 0.717) is 0 Å². The molecule has 0 heterocycles. The molecule has 1 aromatic rings. The van der Waals surface area contributed by atoms with E-state index in [1.807, 2.05) is 0 Å². The summed E-state index contributed by atoms with van der Waals surface area (Å²) in [5, 5.41) is 0. The molecule has 1 aromatic carbocycles. The quantitative estimate of drug-likeness (QED) is 0.596. The van der Waals surface area contributed by atoms with Crippen LogP contribution in [0, 0.1) is 18.8 Å². The van der Waals surface area contributed by atoms with Gasteiger partial charge in [0.1, 0.15) is 0 Å². The van der Waals surface area contributed by atoms with Crippen molar-refractivity contribution in [3.63, 3.8) is 0 Å². The van der Waals surface area contributed by atoms with Gasteiger partial charge in [0.2, 0.25) is 0 Å². The van der Waals surface area contributed by atoms with Gasteiger partial charge in [0.25, 0.3) is 0 Å². The van der Waals surface area contributed by atoms with E-state index in [1.165, 1.54) is 18.4 Å². The van der Waals surface area contributed by atoms with Crippen LogP contribution in [0.5, 0.6) is 0 Å². The van der Waals surface area contributed by atoms with E-state index in [9.17, 15) is 0 Å². The Labute approximate surface area is 91.3 Å². The molecule has 3 rings (SSSR count). The number of hydrogen-bond donors (Lipinski definition) is 0. The summed E-state index contributed by atoms with van der Waals surface area (Å²) in [6.45, 7) is 2.24. The van der Waals surface area contributed by atoms with Crippen molar-refractivity contribution in [3.8, 4) is 0 Å². The lowest BCUT2D eigenvalue weighted by Gasteiger charge is -2.31. The number of hydrogen-bond acceptors (Lipinski definition) is 0. The van der Waals surface area contributed by atoms with E-state index in [0.717, 1.165) is 11.8 Å². The molecule has 2 unspecified atom stereocenters. The molecule has 15 heavy (non-hydrogen) atoms. The molecular formula is C15H16. The molecular weight excluding hydrogens is 180 g/mol. The van der Waals surface area contributed by atoms with Crippen LogP contribution in [-0.4, -0.2) is 0 Å². The van der Waals surface area contributed by atoms with Crippen LogP contribution < -0.4 is 0 Å². The number of rotatable bonds is 0. The predicted molar refractivity (Wildman–Crippen MR) is 63.8 cm³/mol. The molecule has 0 aromatic heterocycles. The first-order valence-electron chi connectivity index (χ1n) is 5.77. The number of benzene rings is 1. The van der Waals surface area contributed by atoms with Gasteiger partial charge in [0.05, 0.1) is 0 Å². The van der Waals surface area contributed by atoms with Crippen LogP contribution in [0.2, 0.25) is 0 Å². The zero-order valence-corrected chi connectivity index (χ0v) is 9.11. The van der Waals surface area contributed by atoms with Crippen molar-refractivity contribution >= 4 is 0 Å². The Morgan fingerprint density at radius 1 is 1.00 bits per heavy atom. The summed E-state index contributed by atoms with van der Waals surface area (Å²) in [4.78, 5) is 0. The summed E-state index contributed by atoms with van der Waals surface area (Å²) < 4.78 is 0. The lowest BCUT2D eigenvalue weighted by Crippen LogP contribution is -2.24. The minimum atomic E-state index is 0.739. The highest BCUT2D eigenvalue weighted by molar-refractivity contribution is 5.39. The van der Waals surface area contributed by atoms with Gasteiger partial charge in [-0.25, -0.2) is 0 Å². The van der Waals surface area contributed by atoms with Crippen LogP contribution in [0.25, 0.3) is 0 Å². The van der Waals surface area contributed by atoms with Gasteiger partial charge >= 0.3 is 0 Å². The minimum Gasteiger partial charge on any atom is -0.0805 e. The molecule has 0 radical (unpaired) electrons. The van der Waals surface area contributed by atoms with Crippen molar-refractivity contribution in [2.75, 3.05) is 0 Å². The predicted octanol–water partition coefficient (Wildman–Crippen LogP) is 3.45. The number of aryl methyl sites for hydroxylation is 1. The molecule has 2 aliphatic carbocycles. The number of fused-ring (bicyclic) bond motifs is 2. The molecule has 0 saturated carbocycles. The number of allylic oxidation sites excluding steroid dienone is 4. The Morgan fingerprint density at radius 3 is 2.53 bits per heavy atom. The van der Waals surface area contributed by atoms with Gasteiger partial charge in [-0.05, 0) is 48.3 Å². The molecule has 0 aliphatic heterocycles. The summed E-state index contributed by atoms with van der Waals surface area (Å²) in [6, 6.07) is 6.73. The highest BCUT2D eigenvalue weighted by Gasteiger charge is 2.26. The van der Waals surface area contributed by atoms with Gasteiger partial charge in [0.15, 0.2) is 0 Å². The second kappa shape index (κ2) is 3.37. The Kier molecular flexibility index (Phi) is 2.02. The molecule has 0 nitrogen and oxygen atoms in total. The van der Waals surface area contributed by atoms with E-state index in [-0.39, 0.29) is 0 Å². The van der Waals surface area contributed by atoms with Crippen LogP contribution in [0.4, 0.5) is 0 Å². The molecule has 0 heteroatoms. The van der Waals surface area contributed by atoms with Crippen LogP contribution in [0.15, 0.2) is 42.5 Å². The zero-order chi connectivity index (χ0) is 10.3. The monoisotopic (exact) mass is 196 g/mol. The molecule has 2 atom stereocenters. The third-order valence-corrected chi connectivity index (χ3v) is 3.78. The third kappa shape index (κ3) is 1.45. The molecule has 0 fully saturated rings. The average Bonchev–Trinajstić information content (AvgIpc) is 2.27. The van der Waals surface area contributed by atoms with Crippen LogP contribution in [0.1, 0.15) is 16.7 Å². The van der Waals surface area contributed by atoms with Gasteiger partial charge < -0.3 is 0 Å². The fourth-order valence-electron chi connectivity index (χ4n) is 2.87. The normalized spacial score (nSPS) is 27.3. The topological polar surface area (TPSA) is 0 Å². The maximum atomic E-state index is 2.38. The van der Waals surface area contributed by atoms with Crippen LogP contribution >= 0.6 is 0 Å². The summed E-state index contributed by atoms with van der Waals surface area (Å²) in [6.07, 6.45) is 11.6. The second-order valence-electron chi connectivity index (χ2n) is 4.72. The second-order valence-corrected chi connectivity index (χ2v) is 4.72. The Bertz CT molecular complexity index is 437. The fourth-order valence-corrected chi connectivity index (χ4v) is 2.87. The van der Waals surface area contributed by atoms with Crippen LogP contribution in [-0.2, 0) is 12.8 Å². The van der Waals surface area contributed by atoms with Gasteiger partial charge in [-0.15, -0.1) is 0 Å². The summed E-state index contributed by atoms with van der Waals surface area (Å²) in [5.41, 5.74) is 4.63. The standard InChI is InChI=1S/C15H16/c1-11-5-4-8-14-9-12-6-2-3-7-13(12)10-15(11)14/h2-8,12-13H,9-10H2,1H3. The van der Waals surface area contributed by atoms with E-state index in [2.05, 4.69) is 49.4 Å². The minimum absolute atomic E-state index is 0.739.